The van der Waals surface area contributed by atoms with Crippen LogP contribution in [0.5, 0.6) is 11.8 Å². The number of rotatable bonds is 5. The number of ether oxygens (including phenoxy) is 2. The van der Waals surface area contributed by atoms with Gasteiger partial charge in [-0.05, 0) is 30.2 Å². The van der Waals surface area contributed by atoms with E-state index < -0.39 is 0 Å². The predicted octanol–water partition coefficient (Wildman–Crippen LogP) is 2.71. The van der Waals surface area contributed by atoms with Gasteiger partial charge in [-0.2, -0.15) is 4.98 Å². The second-order valence-electron chi connectivity index (χ2n) is 6.13. The van der Waals surface area contributed by atoms with E-state index in [4.69, 9.17) is 18.9 Å². The van der Waals surface area contributed by atoms with Crippen LogP contribution in [0, 0.1) is 0 Å². The van der Waals surface area contributed by atoms with Crippen molar-refractivity contribution in [3.05, 3.63) is 53.5 Å². The van der Waals surface area contributed by atoms with E-state index >= 15 is 0 Å². The molecule has 0 atom stereocenters. The van der Waals surface area contributed by atoms with E-state index in [0.717, 1.165) is 37.3 Å². The number of nitrogens with zero attached hydrogens (tertiary/aromatic N) is 4. The summed E-state index contributed by atoms with van der Waals surface area (Å²) in [6.07, 6.45) is 4.46. The Kier molecular flexibility index (Phi) is 4.53. The zero-order chi connectivity index (χ0) is 17.9. The Balaban J connectivity index is 1.54. The van der Waals surface area contributed by atoms with E-state index in [1.165, 1.54) is 5.56 Å². The minimum atomic E-state index is 0.547. The third kappa shape index (κ3) is 3.25. The molecule has 0 N–H and O–H groups in total. The number of methoxy groups -OCH3 is 2. The smallest absolute Gasteiger partial charge is 0.220 e. The summed E-state index contributed by atoms with van der Waals surface area (Å²) >= 11 is 0. The zero-order valence-electron chi connectivity index (χ0n) is 14.8. The van der Waals surface area contributed by atoms with Gasteiger partial charge in [0.05, 0.1) is 26.2 Å². The highest BCUT2D eigenvalue weighted by molar-refractivity contribution is 5.47. The molecule has 7 heteroatoms. The van der Waals surface area contributed by atoms with E-state index in [0.29, 0.717) is 23.3 Å². The Morgan fingerprint density at radius 2 is 2.08 bits per heavy atom. The van der Waals surface area contributed by atoms with Gasteiger partial charge in [-0.25, -0.2) is 9.97 Å². The number of hydrogen-bond acceptors (Lipinski definition) is 7. The quantitative estimate of drug-likeness (QED) is 0.699. The van der Waals surface area contributed by atoms with Gasteiger partial charge in [0, 0.05) is 37.5 Å². The molecule has 1 aliphatic heterocycles. The molecular formula is C19H20N4O3. The monoisotopic (exact) mass is 352 g/mol. The van der Waals surface area contributed by atoms with Crippen molar-refractivity contribution >= 4 is 0 Å². The number of pyridine rings is 1. The third-order valence-corrected chi connectivity index (χ3v) is 4.48. The lowest BCUT2D eigenvalue weighted by Crippen LogP contribution is -2.31. The summed E-state index contributed by atoms with van der Waals surface area (Å²) in [4.78, 5) is 15.8. The molecule has 0 bridgehead atoms. The first-order valence-electron chi connectivity index (χ1n) is 8.45. The highest BCUT2D eigenvalue weighted by Crippen LogP contribution is 2.25. The number of hydrogen-bond donors (Lipinski definition) is 0. The van der Waals surface area contributed by atoms with Crippen molar-refractivity contribution in [2.45, 2.75) is 19.5 Å². The average molecular weight is 352 g/mol. The summed E-state index contributed by atoms with van der Waals surface area (Å²) < 4.78 is 16.0. The molecule has 134 valence electrons. The lowest BCUT2D eigenvalue weighted by Gasteiger charge is -2.28. The third-order valence-electron chi connectivity index (χ3n) is 4.48. The molecule has 7 nitrogen and oxygen atoms in total. The Morgan fingerprint density at radius 3 is 2.85 bits per heavy atom. The second kappa shape index (κ2) is 7.13. The van der Waals surface area contributed by atoms with Gasteiger partial charge >= 0.3 is 0 Å². The van der Waals surface area contributed by atoms with Crippen molar-refractivity contribution in [2.75, 3.05) is 20.8 Å². The molecule has 0 unspecified atom stereocenters. The maximum Gasteiger partial charge on any atom is 0.220 e. The molecule has 4 heterocycles. The van der Waals surface area contributed by atoms with Crippen LogP contribution in [-0.2, 0) is 19.5 Å². The van der Waals surface area contributed by atoms with Crippen LogP contribution in [-0.4, -0.2) is 40.6 Å². The SMILES string of the molecule is COc1ccc(CN2CCc3cnc(-c4ccco4)nc3C2)c(OC)n1. The van der Waals surface area contributed by atoms with Crippen molar-refractivity contribution in [3.8, 4) is 23.3 Å². The molecular weight excluding hydrogens is 332 g/mol. The largest absolute Gasteiger partial charge is 0.481 e. The molecule has 0 fully saturated rings. The summed E-state index contributed by atoms with van der Waals surface area (Å²) in [5, 5.41) is 0. The van der Waals surface area contributed by atoms with Gasteiger partial charge in [-0.15, -0.1) is 0 Å². The molecule has 0 spiro atoms. The second-order valence-corrected chi connectivity index (χ2v) is 6.13. The summed E-state index contributed by atoms with van der Waals surface area (Å²) in [7, 11) is 3.22. The van der Waals surface area contributed by atoms with Crippen LogP contribution in [0.1, 0.15) is 16.8 Å². The number of furan rings is 1. The Morgan fingerprint density at radius 1 is 1.15 bits per heavy atom. The van der Waals surface area contributed by atoms with Crippen molar-refractivity contribution in [1.82, 2.24) is 19.9 Å². The first-order chi connectivity index (χ1) is 12.8. The molecule has 1 aliphatic rings. The van der Waals surface area contributed by atoms with Crippen molar-refractivity contribution in [1.29, 1.82) is 0 Å². The summed E-state index contributed by atoms with van der Waals surface area (Å²) in [5.41, 5.74) is 3.26. The molecule has 3 aromatic heterocycles. The molecule has 0 radical (unpaired) electrons. The summed E-state index contributed by atoms with van der Waals surface area (Å²) in [6.45, 7) is 2.42. The molecule has 0 amide bonds. The number of fused-ring (bicyclic) bond motifs is 1. The first-order valence-corrected chi connectivity index (χ1v) is 8.45. The van der Waals surface area contributed by atoms with Crippen LogP contribution in [0.25, 0.3) is 11.6 Å². The molecule has 4 rings (SSSR count). The maximum atomic E-state index is 5.41. The normalized spacial score (nSPS) is 14.1. The Hall–Kier alpha value is -2.93. The number of aromatic nitrogens is 3. The van der Waals surface area contributed by atoms with Crippen molar-refractivity contribution in [3.63, 3.8) is 0 Å². The van der Waals surface area contributed by atoms with E-state index in [1.54, 1.807) is 20.5 Å². The Labute approximate surface area is 151 Å². The van der Waals surface area contributed by atoms with Crippen molar-refractivity contribution in [2.24, 2.45) is 0 Å². The van der Waals surface area contributed by atoms with E-state index in [1.807, 2.05) is 30.5 Å². The Bertz CT molecular complexity index is 896. The molecule has 0 saturated heterocycles. The fourth-order valence-electron chi connectivity index (χ4n) is 3.12. The summed E-state index contributed by atoms with van der Waals surface area (Å²) in [5.74, 6) is 2.45. The minimum Gasteiger partial charge on any atom is -0.481 e. The van der Waals surface area contributed by atoms with Gasteiger partial charge in [0.15, 0.2) is 11.6 Å². The van der Waals surface area contributed by atoms with Gasteiger partial charge in [-0.3, -0.25) is 4.90 Å². The summed E-state index contributed by atoms with van der Waals surface area (Å²) in [6, 6.07) is 7.56. The molecule has 0 saturated carbocycles. The van der Waals surface area contributed by atoms with E-state index in [9.17, 15) is 0 Å². The molecule has 3 aromatic rings. The van der Waals surface area contributed by atoms with Crippen LogP contribution in [0.15, 0.2) is 41.1 Å². The lowest BCUT2D eigenvalue weighted by atomic mass is 10.1. The van der Waals surface area contributed by atoms with Crippen LogP contribution in [0.3, 0.4) is 0 Å². The van der Waals surface area contributed by atoms with Crippen molar-refractivity contribution < 1.29 is 13.9 Å². The average Bonchev–Trinajstić information content (AvgIpc) is 3.22. The molecule has 0 aromatic carbocycles. The van der Waals surface area contributed by atoms with Gasteiger partial charge < -0.3 is 13.9 Å². The molecule has 26 heavy (non-hydrogen) atoms. The standard InChI is InChI=1S/C19H20N4O3/c1-24-17-6-5-14(19(22-17)25-2)11-23-8-7-13-10-20-18(21-15(13)12-23)16-4-3-9-26-16/h3-6,9-10H,7-8,11-12H2,1-2H3. The fourth-order valence-corrected chi connectivity index (χ4v) is 3.12. The zero-order valence-corrected chi connectivity index (χ0v) is 14.8. The van der Waals surface area contributed by atoms with Crippen LogP contribution < -0.4 is 9.47 Å². The van der Waals surface area contributed by atoms with Gasteiger partial charge in [0.2, 0.25) is 11.8 Å². The van der Waals surface area contributed by atoms with E-state index in [-0.39, 0.29) is 0 Å². The fraction of sp³-hybridized carbons (Fsp3) is 0.316. The van der Waals surface area contributed by atoms with Crippen LogP contribution >= 0.6 is 0 Å². The predicted molar refractivity (Wildman–Crippen MR) is 94.9 cm³/mol. The van der Waals surface area contributed by atoms with Crippen LogP contribution in [0.4, 0.5) is 0 Å². The maximum absolute atomic E-state index is 5.41. The lowest BCUT2D eigenvalue weighted by molar-refractivity contribution is 0.236. The topological polar surface area (TPSA) is 73.5 Å². The first kappa shape index (κ1) is 16.5. The van der Waals surface area contributed by atoms with Gasteiger partial charge in [0.25, 0.3) is 0 Å². The highest BCUT2D eigenvalue weighted by Gasteiger charge is 2.21. The van der Waals surface area contributed by atoms with Crippen LogP contribution in [0.2, 0.25) is 0 Å². The van der Waals surface area contributed by atoms with Gasteiger partial charge in [0.1, 0.15) is 0 Å². The van der Waals surface area contributed by atoms with Gasteiger partial charge in [-0.1, -0.05) is 0 Å². The minimum absolute atomic E-state index is 0.547. The highest BCUT2D eigenvalue weighted by atomic mass is 16.5. The molecule has 0 aliphatic carbocycles. The van der Waals surface area contributed by atoms with E-state index in [2.05, 4.69) is 14.9 Å².